The molecule has 2 aromatic carbocycles. The van der Waals surface area contributed by atoms with Crippen LogP contribution in [0.4, 0.5) is 0 Å². The Morgan fingerprint density at radius 3 is 2.35 bits per heavy atom. The van der Waals surface area contributed by atoms with Crippen molar-refractivity contribution in [1.82, 2.24) is 14.5 Å². The van der Waals surface area contributed by atoms with Crippen LogP contribution in [0.2, 0.25) is 0 Å². The summed E-state index contributed by atoms with van der Waals surface area (Å²) in [5, 5.41) is 10.2. The highest BCUT2D eigenvalue weighted by molar-refractivity contribution is 5.83. The van der Waals surface area contributed by atoms with Crippen LogP contribution in [0.15, 0.2) is 66.7 Å². The molecule has 1 aliphatic carbocycles. The summed E-state index contributed by atoms with van der Waals surface area (Å²) in [7, 11) is 1.60. The quantitative estimate of drug-likeness (QED) is 0.476. The van der Waals surface area contributed by atoms with Gasteiger partial charge in [-0.1, -0.05) is 54.6 Å². The lowest BCUT2D eigenvalue weighted by molar-refractivity contribution is -0.0738. The Morgan fingerprint density at radius 2 is 1.68 bits per heavy atom. The summed E-state index contributed by atoms with van der Waals surface area (Å²) in [4.78, 5) is 9.68. The van der Waals surface area contributed by atoms with Gasteiger partial charge >= 0.3 is 0 Å². The maximum Gasteiger partial charge on any atom is 0.213 e. The van der Waals surface area contributed by atoms with Gasteiger partial charge in [-0.3, -0.25) is 4.57 Å². The number of aliphatic hydroxyl groups is 1. The lowest BCUT2D eigenvalue weighted by atomic mass is 9.63. The molecular formula is C27H26N4O3. The molecule has 2 aromatic heterocycles. The smallest absolute Gasteiger partial charge is 0.213 e. The van der Waals surface area contributed by atoms with Crippen LogP contribution in [0.3, 0.4) is 0 Å². The first kappa shape index (κ1) is 20.9. The number of benzene rings is 2. The van der Waals surface area contributed by atoms with Crippen LogP contribution in [-0.2, 0) is 12.3 Å². The van der Waals surface area contributed by atoms with Crippen molar-refractivity contribution < 1.29 is 14.6 Å². The molecule has 1 aliphatic heterocycles. The molecule has 0 bridgehead atoms. The number of rotatable bonds is 4. The van der Waals surface area contributed by atoms with Crippen molar-refractivity contribution >= 4 is 0 Å². The van der Waals surface area contributed by atoms with Gasteiger partial charge in [0.2, 0.25) is 5.88 Å². The largest absolute Gasteiger partial charge is 0.481 e. The molecular weight excluding hydrogens is 428 g/mol. The van der Waals surface area contributed by atoms with Crippen molar-refractivity contribution in [3.05, 3.63) is 72.3 Å². The number of nitrogens with zero attached hydrogens (tertiary/aromatic N) is 3. The van der Waals surface area contributed by atoms with Gasteiger partial charge in [-0.05, 0) is 31.4 Å². The second-order valence-electron chi connectivity index (χ2n) is 9.48. The average molecular weight is 455 g/mol. The Hall–Kier alpha value is -3.68. The summed E-state index contributed by atoms with van der Waals surface area (Å²) in [5.74, 6) is 1.93. The molecule has 0 amide bonds. The van der Waals surface area contributed by atoms with E-state index in [1.807, 2.05) is 43.3 Å². The summed E-state index contributed by atoms with van der Waals surface area (Å²) in [6.07, 6.45) is 1.10. The molecule has 7 nitrogen and oxygen atoms in total. The summed E-state index contributed by atoms with van der Waals surface area (Å²) in [6.45, 7) is 2.17. The Kier molecular flexibility index (Phi) is 4.56. The molecule has 0 unspecified atom stereocenters. The number of aromatic nitrogens is 3. The Labute approximate surface area is 197 Å². The Morgan fingerprint density at radius 1 is 0.941 bits per heavy atom. The van der Waals surface area contributed by atoms with Gasteiger partial charge in [-0.25, -0.2) is 9.97 Å². The van der Waals surface area contributed by atoms with Crippen molar-refractivity contribution in [1.29, 1.82) is 0 Å². The molecule has 7 heteroatoms. The van der Waals surface area contributed by atoms with Crippen LogP contribution in [0, 0.1) is 0 Å². The van der Waals surface area contributed by atoms with Gasteiger partial charge in [0, 0.05) is 22.7 Å². The highest BCUT2D eigenvalue weighted by Crippen LogP contribution is 2.47. The predicted molar refractivity (Wildman–Crippen MR) is 129 cm³/mol. The van der Waals surface area contributed by atoms with E-state index in [0.717, 1.165) is 33.9 Å². The minimum atomic E-state index is -0.696. The topological polar surface area (TPSA) is 95.4 Å². The van der Waals surface area contributed by atoms with Gasteiger partial charge in [0.1, 0.15) is 0 Å². The number of pyridine rings is 1. The first-order valence-electron chi connectivity index (χ1n) is 11.3. The summed E-state index contributed by atoms with van der Waals surface area (Å²) in [5.41, 5.74) is 10.9. The molecule has 4 aromatic rings. The van der Waals surface area contributed by atoms with Crippen LogP contribution in [0.1, 0.15) is 25.3 Å². The number of imidazole rings is 1. The molecule has 2 aliphatic rings. The van der Waals surface area contributed by atoms with Gasteiger partial charge in [0.25, 0.3) is 0 Å². The number of methoxy groups -OCH3 is 1. The normalized spacial score (nSPS) is 22.8. The highest BCUT2D eigenvalue weighted by atomic mass is 16.5. The molecule has 3 N–H and O–H groups in total. The molecule has 34 heavy (non-hydrogen) atoms. The third kappa shape index (κ3) is 3.28. The molecule has 0 saturated heterocycles. The van der Waals surface area contributed by atoms with E-state index in [4.69, 9.17) is 20.2 Å². The van der Waals surface area contributed by atoms with Gasteiger partial charge < -0.3 is 20.3 Å². The van der Waals surface area contributed by atoms with E-state index >= 15 is 0 Å². The van der Waals surface area contributed by atoms with Crippen molar-refractivity contribution in [2.45, 2.75) is 37.6 Å². The number of ether oxygens (including phenoxy) is 2. The molecule has 172 valence electrons. The number of nitrogens with two attached hydrogens (primary N) is 1. The van der Waals surface area contributed by atoms with Crippen LogP contribution in [-0.4, -0.2) is 32.4 Å². The second kappa shape index (κ2) is 7.41. The minimum absolute atomic E-state index is 0.340. The van der Waals surface area contributed by atoms with Crippen LogP contribution < -0.4 is 15.2 Å². The van der Waals surface area contributed by atoms with Crippen molar-refractivity contribution in [3.8, 4) is 45.7 Å². The zero-order valence-electron chi connectivity index (χ0n) is 19.2. The van der Waals surface area contributed by atoms with Gasteiger partial charge in [0.15, 0.2) is 24.0 Å². The summed E-state index contributed by atoms with van der Waals surface area (Å²) < 4.78 is 13.4. The molecule has 1 saturated carbocycles. The van der Waals surface area contributed by atoms with Crippen LogP contribution >= 0.6 is 0 Å². The molecule has 6 rings (SSSR count). The monoisotopic (exact) mass is 454 g/mol. The molecule has 0 radical (unpaired) electrons. The van der Waals surface area contributed by atoms with Crippen molar-refractivity contribution in [2.24, 2.45) is 5.73 Å². The summed E-state index contributed by atoms with van der Waals surface area (Å²) in [6, 6.07) is 22.0. The van der Waals surface area contributed by atoms with Crippen molar-refractivity contribution in [2.75, 3.05) is 7.11 Å². The number of hydrogen-bond donors (Lipinski definition) is 2. The van der Waals surface area contributed by atoms with E-state index in [1.165, 1.54) is 0 Å². The number of fused-ring (bicyclic) bond motifs is 3. The highest BCUT2D eigenvalue weighted by Gasteiger charge is 2.49. The van der Waals surface area contributed by atoms with Gasteiger partial charge in [-0.15, -0.1) is 0 Å². The first-order chi connectivity index (χ1) is 16.4. The lowest BCUT2D eigenvalue weighted by Crippen LogP contribution is -2.58. The van der Waals surface area contributed by atoms with E-state index in [1.54, 1.807) is 13.2 Å². The maximum atomic E-state index is 10.2. The summed E-state index contributed by atoms with van der Waals surface area (Å²) >= 11 is 0. The fourth-order valence-electron chi connectivity index (χ4n) is 5.27. The SMILES string of the molecule is COc1ccc2c(n1)-c1nc(-c3ccc([C@]4(N)C[C@@](C)(O)C4)cc3)c(-c3ccccc3)n1CO2. The van der Waals surface area contributed by atoms with E-state index in [2.05, 4.69) is 33.8 Å². The number of hydrogen-bond acceptors (Lipinski definition) is 6. The second-order valence-corrected chi connectivity index (χ2v) is 9.48. The molecule has 3 heterocycles. The van der Waals surface area contributed by atoms with E-state index in [9.17, 15) is 5.11 Å². The molecule has 1 fully saturated rings. The zero-order valence-corrected chi connectivity index (χ0v) is 19.2. The Balaban J connectivity index is 1.48. The average Bonchev–Trinajstić information content (AvgIpc) is 3.23. The van der Waals surface area contributed by atoms with E-state index in [0.29, 0.717) is 36.9 Å². The van der Waals surface area contributed by atoms with Crippen molar-refractivity contribution in [3.63, 3.8) is 0 Å². The van der Waals surface area contributed by atoms with Gasteiger partial charge in [0.05, 0.1) is 24.1 Å². The fraction of sp³-hybridized carbons (Fsp3) is 0.259. The Bertz CT molecular complexity index is 1370. The maximum absolute atomic E-state index is 10.2. The predicted octanol–water partition coefficient (Wildman–Crippen LogP) is 4.34. The molecule has 0 spiro atoms. The van der Waals surface area contributed by atoms with Gasteiger partial charge in [-0.2, -0.15) is 0 Å². The third-order valence-corrected chi connectivity index (χ3v) is 6.74. The lowest BCUT2D eigenvalue weighted by Gasteiger charge is -2.49. The van der Waals surface area contributed by atoms with Crippen LogP contribution in [0.25, 0.3) is 34.0 Å². The molecule has 0 atom stereocenters. The fourth-order valence-corrected chi connectivity index (χ4v) is 5.27. The first-order valence-corrected chi connectivity index (χ1v) is 11.3. The van der Waals surface area contributed by atoms with Crippen LogP contribution in [0.5, 0.6) is 11.6 Å². The van der Waals surface area contributed by atoms with E-state index < -0.39 is 11.1 Å². The third-order valence-electron chi connectivity index (χ3n) is 6.74. The zero-order chi connectivity index (χ0) is 23.5. The minimum Gasteiger partial charge on any atom is -0.481 e. The standard InChI is InChI=1S/C27H26N4O3/c1-26(32)14-27(28,15-26)19-10-8-17(9-11-19)22-24(18-6-4-3-5-7-18)31-16-34-20-12-13-21(33-2)29-23(20)25(31)30-22/h3-13,32H,14-16,28H2,1-2H3/t26-,27+. The van der Waals surface area contributed by atoms with E-state index in [-0.39, 0.29) is 0 Å².